The summed E-state index contributed by atoms with van der Waals surface area (Å²) in [6, 6.07) is 21.7. The Kier molecular flexibility index (Phi) is 12.5. The highest BCUT2D eigenvalue weighted by Crippen LogP contribution is 2.21. The van der Waals surface area contributed by atoms with Gasteiger partial charge in [-0.1, -0.05) is 87.4 Å². The molecule has 0 fully saturated rings. The van der Waals surface area contributed by atoms with Crippen LogP contribution in [-0.4, -0.2) is 63.3 Å². The van der Waals surface area contributed by atoms with Crippen molar-refractivity contribution in [3.63, 3.8) is 0 Å². The second kappa shape index (κ2) is 15.2. The Morgan fingerprint density at radius 1 is 0.645 bits per heavy atom. The minimum Gasteiger partial charge on any atom is -0.380 e. The van der Waals surface area contributed by atoms with Gasteiger partial charge < -0.3 is 14.5 Å². The van der Waals surface area contributed by atoms with E-state index in [1.54, 1.807) is 0 Å². The molecular formula is C28H44N2O. The Morgan fingerprint density at radius 3 is 1.39 bits per heavy atom. The van der Waals surface area contributed by atoms with E-state index >= 15 is 0 Å². The number of likely N-dealkylation sites (N-methyl/N-ethyl adjacent to an activating group) is 2. The third-order valence-electron chi connectivity index (χ3n) is 6.03. The minimum absolute atomic E-state index is 0.400. The molecular weight excluding hydrogens is 380 g/mol. The highest BCUT2D eigenvalue weighted by atomic mass is 16.5. The Hall–Kier alpha value is -1.68. The molecule has 2 unspecified atom stereocenters. The van der Waals surface area contributed by atoms with E-state index in [0.717, 1.165) is 39.4 Å². The lowest BCUT2D eigenvalue weighted by molar-refractivity contribution is 0.0890. The highest BCUT2D eigenvalue weighted by Gasteiger charge is 2.18. The Balaban J connectivity index is 1.99. The average Bonchev–Trinajstić information content (AvgIpc) is 2.81. The van der Waals surface area contributed by atoms with Crippen molar-refractivity contribution in [2.45, 2.75) is 51.4 Å². The smallest absolute Gasteiger partial charge is 0.0547 e. The molecule has 2 rings (SSSR count). The van der Waals surface area contributed by atoms with Crippen LogP contribution in [0.15, 0.2) is 60.7 Å². The van der Waals surface area contributed by atoms with Crippen LogP contribution in [0, 0.1) is 0 Å². The van der Waals surface area contributed by atoms with Crippen LogP contribution in [0.3, 0.4) is 0 Å². The summed E-state index contributed by atoms with van der Waals surface area (Å²) in [5.74, 6) is 0.801. The lowest BCUT2D eigenvalue weighted by Crippen LogP contribution is -2.30. The number of hydrogen-bond acceptors (Lipinski definition) is 3. The predicted molar refractivity (Wildman–Crippen MR) is 134 cm³/mol. The van der Waals surface area contributed by atoms with Gasteiger partial charge in [0.2, 0.25) is 0 Å². The van der Waals surface area contributed by atoms with Gasteiger partial charge >= 0.3 is 0 Å². The van der Waals surface area contributed by atoms with Crippen molar-refractivity contribution in [1.82, 2.24) is 9.80 Å². The molecule has 0 N–H and O–H groups in total. The summed E-state index contributed by atoms with van der Waals surface area (Å²) in [6.45, 7) is 10.4. The van der Waals surface area contributed by atoms with Gasteiger partial charge in [0.25, 0.3) is 0 Å². The van der Waals surface area contributed by atoms with Gasteiger partial charge in [0.05, 0.1) is 13.2 Å². The molecule has 0 amide bonds. The van der Waals surface area contributed by atoms with E-state index < -0.39 is 0 Å². The summed E-state index contributed by atoms with van der Waals surface area (Å²) >= 11 is 0. The molecule has 2 aromatic carbocycles. The molecule has 3 heteroatoms. The van der Waals surface area contributed by atoms with E-state index in [0.29, 0.717) is 11.8 Å². The number of nitrogens with zero attached hydrogens (tertiary/aromatic N) is 2. The monoisotopic (exact) mass is 424 g/mol. The lowest BCUT2D eigenvalue weighted by atomic mass is 9.98. The van der Waals surface area contributed by atoms with Crippen LogP contribution >= 0.6 is 0 Å². The fourth-order valence-electron chi connectivity index (χ4n) is 4.10. The number of hydrogen-bond donors (Lipinski definition) is 0. The third-order valence-corrected chi connectivity index (χ3v) is 6.03. The summed E-state index contributed by atoms with van der Waals surface area (Å²) in [6.07, 6.45) is 4.97. The first-order chi connectivity index (χ1) is 15.1. The van der Waals surface area contributed by atoms with Crippen LogP contribution < -0.4 is 0 Å². The van der Waals surface area contributed by atoms with Gasteiger partial charge in [-0.3, -0.25) is 0 Å². The molecule has 2 atom stereocenters. The van der Waals surface area contributed by atoms with Crippen molar-refractivity contribution in [3.05, 3.63) is 71.8 Å². The van der Waals surface area contributed by atoms with Crippen molar-refractivity contribution in [2.24, 2.45) is 0 Å². The molecule has 3 nitrogen and oxygen atoms in total. The molecule has 172 valence electrons. The van der Waals surface area contributed by atoms with Crippen LogP contribution in [0.1, 0.15) is 62.5 Å². The van der Waals surface area contributed by atoms with Crippen LogP contribution in [-0.2, 0) is 4.74 Å². The van der Waals surface area contributed by atoms with Crippen LogP contribution in [0.4, 0.5) is 0 Å². The third kappa shape index (κ3) is 9.99. The summed E-state index contributed by atoms with van der Waals surface area (Å²) in [5.41, 5.74) is 2.75. The average molecular weight is 425 g/mol. The van der Waals surface area contributed by atoms with Crippen molar-refractivity contribution in [1.29, 1.82) is 0 Å². The topological polar surface area (TPSA) is 15.7 Å². The fraction of sp³-hybridized carbons (Fsp3) is 0.571. The van der Waals surface area contributed by atoms with Crippen molar-refractivity contribution in [2.75, 3.05) is 53.5 Å². The molecule has 0 heterocycles. The maximum absolute atomic E-state index is 6.42. The first-order valence-corrected chi connectivity index (χ1v) is 12.2. The van der Waals surface area contributed by atoms with E-state index in [1.807, 2.05) is 0 Å². The second-order valence-electron chi connectivity index (χ2n) is 8.98. The van der Waals surface area contributed by atoms with Crippen LogP contribution in [0.2, 0.25) is 0 Å². The predicted octanol–water partition coefficient (Wildman–Crippen LogP) is 6.03. The molecule has 0 spiro atoms. The zero-order valence-electron chi connectivity index (χ0n) is 20.3. The molecule has 2 aromatic rings. The maximum atomic E-state index is 6.42. The van der Waals surface area contributed by atoms with Gasteiger partial charge in [0.15, 0.2) is 0 Å². The molecule has 0 aliphatic rings. The van der Waals surface area contributed by atoms with E-state index in [2.05, 4.69) is 98.4 Å². The Morgan fingerprint density at radius 2 is 1.03 bits per heavy atom. The van der Waals surface area contributed by atoms with Gasteiger partial charge in [-0.25, -0.2) is 0 Å². The van der Waals surface area contributed by atoms with Crippen molar-refractivity contribution < 1.29 is 4.74 Å². The summed E-state index contributed by atoms with van der Waals surface area (Å²) in [5, 5.41) is 0. The summed E-state index contributed by atoms with van der Waals surface area (Å²) < 4.78 is 6.42. The largest absolute Gasteiger partial charge is 0.380 e. The standard InChI is InChI=1S/C28H44N2O/c1-5-7-19-29(3)21-27(25-15-11-9-12-16-25)23-31-24-28(22-30(4)20-8-6-2)26-17-13-10-14-18-26/h9-18,27-28H,5-8,19-24H2,1-4H3. The van der Waals surface area contributed by atoms with Crippen molar-refractivity contribution in [3.8, 4) is 0 Å². The van der Waals surface area contributed by atoms with Crippen LogP contribution in [0.5, 0.6) is 0 Å². The minimum atomic E-state index is 0.400. The zero-order chi connectivity index (χ0) is 22.3. The first kappa shape index (κ1) is 25.6. The quantitative estimate of drug-likeness (QED) is 0.327. The molecule has 0 bridgehead atoms. The molecule has 0 saturated carbocycles. The summed E-state index contributed by atoms with van der Waals surface area (Å²) in [7, 11) is 4.47. The number of unbranched alkanes of at least 4 members (excludes halogenated alkanes) is 2. The highest BCUT2D eigenvalue weighted by molar-refractivity contribution is 5.21. The first-order valence-electron chi connectivity index (χ1n) is 12.2. The number of rotatable bonds is 16. The summed E-state index contributed by atoms with van der Waals surface area (Å²) in [4.78, 5) is 4.91. The Labute approximate surface area is 191 Å². The second-order valence-corrected chi connectivity index (χ2v) is 8.98. The van der Waals surface area contributed by atoms with Gasteiger partial charge in [0.1, 0.15) is 0 Å². The van der Waals surface area contributed by atoms with Gasteiger partial charge in [0, 0.05) is 24.9 Å². The molecule has 0 saturated heterocycles. The SMILES string of the molecule is CCCCN(C)CC(COCC(CN(C)CCCC)c1ccccc1)c1ccccc1. The van der Waals surface area contributed by atoms with E-state index in [4.69, 9.17) is 4.74 Å². The van der Waals surface area contributed by atoms with E-state index in [-0.39, 0.29) is 0 Å². The molecule has 0 aromatic heterocycles. The van der Waals surface area contributed by atoms with Gasteiger partial charge in [-0.2, -0.15) is 0 Å². The molecule has 0 radical (unpaired) electrons. The van der Waals surface area contributed by atoms with Gasteiger partial charge in [-0.15, -0.1) is 0 Å². The molecule has 0 aliphatic carbocycles. The molecule has 31 heavy (non-hydrogen) atoms. The lowest BCUT2D eigenvalue weighted by Gasteiger charge is -2.27. The van der Waals surface area contributed by atoms with Crippen molar-refractivity contribution >= 4 is 0 Å². The zero-order valence-corrected chi connectivity index (χ0v) is 20.3. The molecule has 0 aliphatic heterocycles. The van der Waals surface area contributed by atoms with E-state index in [9.17, 15) is 0 Å². The van der Waals surface area contributed by atoms with Crippen LogP contribution in [0.25, 0.3) is 0 Å². The maximum Gasteiger partial charge on any atom is 0.0547 e. The fourth-order valence-corrected chi connectivity index (χ4v) is 4.10. The number of ether oxygens (including phenoxy) is 1. The Bertz CT molecular complexity index is 616. The normalized spacial score (nSPS) is 13.6. The van der Waals surface area contributed by atoms with Gasteiger partial charge in [-0.05, 0) is 51.2 Å². The van der Waals surface area contributed by atoms with E-state index in [1.165, 1.54) is 36.8 Å². The number of benzene rings is 2.